The van der Waals surface area contributed by atoms with Gasteiger partial charge >= 0.3 is 0 Å². The van der Waals surface area contributed by atoms with Crippen molar-refractivity contribution in [2.45, 2.75) is 27.0 Å². The van der Waals surface area contributed by atoms with E-state index >= 15 is 0 Å². The minimum Gasteiger partial charge on any atom is -0.485 e. The number of aryl methyl sites for hydroxylation is 2. The Labute approximate surface area is 118 Å². The van der Waals surface area contributed by atoms with Crippen LogP contribution < -0.4 is 10.1 Å². The normalized spacial score (nSPS) is 10.7. The second kappa shape index (κ2) is 6.13. The van der Waals surface area contributed by atoms with Gasteiger partial charge in [0.2, 0.25) is 0 Å². The van der Waals surface area contributed by atoms with Gasteiger partial charge in [0.05, 0.1) is 6.26 Å². The molecule has 0 aliphatic carbocycles. The third-order valence-electron chi connectivity index (χ3n) is 2.87. The van der Waals surface area contributed by atoms with E-state index in [1.165, 1.54) is 0 Å². The zero-order chi connectivity index (χ0) is 13.8. The Bertz CT molecular complexity index is 540. The zero-order valence-corrected chi connectivity index (χ0v) is 12.2. The lowest BCUT2D eigenvalue weighted by atomic mass is 10.1. The topological polar surface area (TPSA) is 34.4 Å². The summed E-state index contributed by atoms with van der Waals surface area (Å²) in [6.45, 7) is 5.20. The highest BCUT2D eigenvalue weighted by molar-refractivity contribution is 6.30. The van der Waals surface area contributed by atoms with Gasteiger partial charge in [0.25, 0.3) is 0 Å². The number of hydrogen-bond donors (Lipinski definition) is 1. The maximum Gasteiger partial charge on any atom is 0.146 e. The summed E-state index contributed by atoms with van der Waals surface area (Å²) in [7, 11) is 1.91. The van der Waals surface area contributed by atoms with Gasteiger partial charge in [-0.25, -0.2) is 0 Å². The summed E-state index contributed by atoms with van der Waals surface area (Å²) in [5.74, 6) is 1.69. The number of nitrogens with one attached hydrogen (secondary N) is 1. The molecule has 0 saturated heterocycles. The quantitative estimate of drug-likeness (QED) is 0.903. The number of halogens is 1. The number of furan rings is 1. The summed E-state index contributed by atoms with van der Waals surface area (Å²) in [4.78, 5) is 0. The van der Waals surface area contributed by atoms with Gasteiger partial charge in [-0.3, -0.25) is 0 Å². The first-order chi connectivity index (χ1) is 9.10. The predicted molar refractivity (Wildman–Crippen MR) is 76.7 cm³/mol. The van der Waals surface area contributed by atoms with E-state index in [1.807, 2.05) is 39.1 Å². The molecule has 0 aliphatic heterocycles. The molecule has 2 rings (SSSR count). The van der Waals surface area contributed by atoms with Crippen molar-refractivity contribution in [1.29, 1.82) is 0 Å². The van der Waals surface area contributed by atoms with Crippen molar-refractivity contribution in [3.8, 4) is 5.75 Å². The van der Waals surface area contributed by atoms with Gasteiger partial charge in [-0.1, -0.05) is 11.6 Å². The van der Waals surface area contributed by atoms with E-state index in [9.17, 15) is 0 Å². The van der Waals surface area contributed by atoms with Crippen LogP contribution in [0.25, 0.3) is 0 Å². The van der Waals surface area contributed by atoms with Gasteiger partial charge in [-0.05, 0) is 50.2 Å². The number of rotatable bonds is 5. The van der Waals surface area contributed by atoms with Crippen LogP contribution in [0.15, 0.2) is 28.9 Å². The zero-order valence-electron chi connectivity index (χ0n) is 11.4. The van der Waals surface area contributed by atoms with Crippen molar-refractivity contribution < 1.29 is 9.15 Å². The molecule has 0 aliphatic rings. The summed E-state index contributed by atoms with van der Waals surface area (Å²) in [5.41, 5.74) is 3.18. The lowest BCUT2D eigenvalue weighted by Crippen LogP contribution is -2.03. The molecule has 0 bridgehead atoms. The standard InChI is InChI=1S/C15H18ClNO2/c1-10-4-13(16)5-11(2)15(10)19-9-14-6-12(7-17-3)8-18-14/h4-6,8,17H,7,9H2,1-3H3. The largest absolute Gasteiger partial charge is 0.485 e. The Morgan fingerprint density at radius 1 is 1.21 bits per heavy atom. The SMILES string of the molecule is CNCc1coc(COc2c(C)cc(Cl)cc2C)c1. The first-order valence-corrected chi connectivity index (χ1v) is 6.58. The van der Waals surface area contributed by atoms with E-state index in [-0.39, 0.29) is 0 Å². The molecule has 0 fully saturated rings. The second-order valence-corrected chi connectivity index (χ2v) is 5.05. The molecule has 0 radical (unpaired) electrons. The van der Waals surface area contributed by atoms with Gasteiger partial charge < -0.3 is 14.5 Å². The van der Waals surface area contributed by atoms with E-state index < -0.39 is 0 Å². The Morgan fingerprint density at radius 3 is 2.53 bits per heavy atom. The van der Waals surface area contributed by atoms with Crippen LogP contribution in [0.3, 0.4) is 0 Å². The highest BCUT2D eigenvalue weighted by atomic mass is 35.5. The van der Waals surface area contributed by atoms with Crippen molar-refractivity contribution in [2.24, 2.45) is 0 Å². The minimum atomic E-state index is 0.424. The molecule has 0 spiro atoms. The van der Waals surface area contributed by atoms with Crippen molar-refractivity contribution in [2.75, 3.05) is 7.05 Å². The molecule has 3 nitrogen and oxygen atoms in total. The van der Waals surface area contributed by atoms with Crippen LogP contribution in [0.4, 0.5) is 0 Å². The van der Waals surface area contributed by atoms with Crippen LogP contribution in [-0.4, -0.2) is 7.05 Å². The second-order valence-electron chi connectivity index (χ2n) is 4.61. The average molecular weight is 280 g/mol. The van der Waals surface area contributed by atoms with Crippen molar-refractivity contribution in [3.63, 3.8) is 0 Å². The van der Waals surface area contributed by atoms with Crippen molar-refractivity contribution in [3.05, 3.63) is 51.9 Å². The van der Waals surface area contributed by atoms with E-state index in [1.54, 1.807) is 6.26 Å². The van der Waals surface area contributed by atoms with Crippen LogP contribution >= 0.6 is 11.6 Å². The minimum absolute atomic E-state index is 0.424. The Hall–Kier alpha value is -1.45. The van der Waals surface area contributed by atoms with Gasteiger partial charge in [0, 0.05) is 17.1 Å². The summed E-state index contributed by atoms with van der Waals surface area (Å²) in [6.07, 6.45) is 1.75. The molecule has 102 valence electrons. The molecule has 0 saturated carbocycles. The van der Waals surface area contributed by atoms with Crippen molar-refractivity contribution >= 4 is 11.6 Å². The molecule has 1 aromatic heterocycles. The van der Waals surface area contributed by atoms with Gasteiger partial charge in [0.1, 0.15) is 18.1 Å². The molecular weight excluding hydrogens is 262 g/mol. The fourth-order valence-corrected chi connectivity index (χ4v) is 2.39. The molecule has 19 heavy (non-hydrogen) atoms. The molecule has 1 heterocycles. The van der Waals surface area contributed by atoms with E-state index in [4.69, 9.17) is 20.8 Å². The highest BCUT2D eigenvalue weighted by Gasteiger charge is 2.08. The fraction of sp³-hybridized carbons (Fsp3) is 0.333. The van der Waals surface area contributed by atoms with E-state index in [0.717, 1.165) is 39.8 Å². The highest BCUT2D eigenvalue weighted by Crippen LogP contribution is 2.27. The Kier molecular flexibility index (Phi) is 4.51. The lowest BCUT2D eigenvalue weighted by Gasteiger charge is -2.11. The average Bonchev–Trinajstić information content (AvgIpc) is 2.76. The van der Waals surface area contributed by atoms with E-state index in [0.29, 0.717) is 6.61 Å². The van der Waals surface area contributed by atoms with Crippen LogP contribution in [0, 0.1) is 13.8 Å². The molecule has 4 heteroatoms. The van der Waals surface area contributed by atoms with Crippen LogP contribution in [0.5, 0.6) is 5.75 Å². The summed E-state index contributed by atoms with van der Waals surface area (Å²) < 4.78 is 11.3. The van der Waals surface area contributed by atoms with Crippen LogP contribution in [-0.2, 0) is 13.2 Å². The van der Waals surface area contributed by atoms with E-state index in [2.05, 4.69) is 5.32 Å². The van der Waals surface area contributed by atoms with Crippen LogP contribution in [0.2, 0.25) is 5.02 Å². The third kappa shape index (κ3) is 3.52. The molecule has 1 N–H and O–H groups in total. The summed E-state index contributed by atoms with van der Waals surface area (Å²) in [5, 5.41) is 3.81. The third-order valence-corrected chi connectivity index (χ3v) is 3.09. The fourth-order valence-electron chi connectivity index (χ4n) is 2.07. The van der Waals surface area contributed by atoms with Gasteiger partial charge in [-0.15, -0.1) is 0 Å². The Balaban J connectivity index is 2.05. The molecule has 2 aromatic rings. The molecule has 0 amide bonds. The number of hydrogen-bond acceptors (Lipinski definition) is 3. The van der Waals surface area contributed by atoms with Gasteiger partial charge in [0.15, 0.2) is 0 Å². The molecule has 0 atom stereocenters. The summed E-state index contributed by atoms with van der Waals surface area (Å²) in [6, 6.07) is 5.80. The molecular formula is C15H18ClNO2. The monoisotopic (exact) mass is 279 g/mol. The van der Waals surface area contributed by atoms with Gasteiger partial charge in [-0.2, -0.15) is 0 Å². The van der Waals surface area contributed by atoms with Crippen LogP contribution in [0.1, 0.15) is 22.5 Å². The molecule has 1 aromatic carbocycles. The predicted octanol–water partition coefficient (Wildman–Crippen LogP) is 3.85. The number of benzene rings is 1. The smallest absolute Gasteiger partial charge is 0.146 e. The Morgan fingerprint density at radius 2 is 1.89 bits per heavy atom. The lowest BCUT2D eigenvalue weighted by molar-refractivity contribution is 0.267. The molecule has 0 unspecified atom stereocenters. The summed E-state index contributed by atoms with van der Waals surface area (Å²) >= 11 is 6.00. The first kappa shape index (κ1) is 14.0. The first-order valence-electron chi connectivity index (χ1n) is 6.20. The maximum atomic E-state index is 6.00. The maximum absolute atomic E-state index is 6.00. The number of ether oxygens (including phenoxy) is 1. The van der Waals surface area contributed by atoms with Crippen molar-refractivity contribution in [1.82, 2.24) is 5.32 Å².